The summed E-state index contributed by atoms with van der Waals surface area (Å²) in [5, 5.41) is 2.46. The number of hydrogen-bond acceptors (Lipinski definition) is 2. The number of rotatable bonds is 3. The Morgan fingerprint density at radius 2 is 1.40 bits per heavy atom. The topological polar surface area (TPSA) is 11.4 Å². The fourth-order valence-electron chi connectivity index (χ4n) is 3.04. The number of hydrogen-bond donors (Lipinski definition) is 0. The Balaban J connectivity index is 1.60. The molecule has 0 aliphatic carbocycles. The van der Waals surface area contributed by atoms with Gasteiger partial charge < -0.3 is 5.01 Å². The highest BCUT2D eigenvalue weighted by molar-refractivity contribution is 5.18. The average Bonchev–Trinajstić information content (AvgIpc) is 2.81. The van der Waals surface area contributed by atoms with Crippen LogP contribution in [0.5, 0.6) is 0 Å². The third kappa shape index (κ3) is 2.73. The van der Waals surface area contributed by atoms with Crippen LogP contribution in [-0.4, -0.2) is 35.8 Å². The van der Waals surface area contributed by atoms with E-state index in [1.54, 1.807) is 0 Å². The molecule has 0 radical (unpaired) electrons. The van der Waals surface area contributed by atoms with E-state index in [2.05, 4.69) is 70.9 Å². The molecule has 1 fully saturated rings. The quantitative estimate of drug-likeness (QED) is 0.848. The fraction of sp³-hybridized carbons (Fsp3) is 0.412. The van der Waals surface area contributed by atoms with E-state index >= 15 is 0 Å². The van der Waals surface area contributed by atoms with Crippen LogP contribution in [-0.2, 0) is 6.54 Å². The van der Waals surface area contributed by atoms with Crippen LogP contribution in [0.25, 0.3) is 0 Å². The molecule has 1 aliphatic rings. The van der Waals surface area contributed by atoms with Crippen LogP contribution in [0.2, 0.25) is 0 Å². The zero-order valence-corrected chi connectivity index (χ0v) is 12.4. The summed E-state index contributed by atoms with van der Waals surface area (Å²) in [5.74, 6) is 0. The van der Waals surface area contributed by atoms with Crippen molar-refractivity contribution >= 4 is 0 Å². The van der Waals surface area contributed by atoms with Crippen LogP contribution in [0.15, 0.2) is 42.5 Å². The molecule has 2 aromatic rings. The minimum Gasteiger partial charge on any atom is -0.310 e. The Bertz CT molecular complexity index is 531. The highest BCUT2D eigenvalue weighted by Crippen LogP contribution is 2.12. The van der Waals surface area contributed by atoms with E-state index in [1.165, 1.54) is 17.0 Å². The van der Waals surface area contributed by atoms with Gasteiger partial charge in [-0.15, -0.1) is 0 Å². The number of nitrogens with zero attached hydrogens (tertiary/aromatic N) is 3. The van der Waals surface area contributed by atoms with Gasteiger partial charge in [0, 0.05) is 44.1 Å². The van der Waals surface area contributed by atoms with Crippen molar-refractivity contribution in [3.8, 4) is 0 Å². The summed E-state index contributed by atoms with van der Waals surface area (Å²) in [4.78, 5) is 2.54. The Kier molecular flexibility index (Phi) is 3.79. The monoisotopic (exact) mass is 269 g/mol. The molecule has 1 aromatic heterocycles. The van der Waals surface area contributed by atoms with Crippen molar-refractivity contribution in [2.24, 2.45) is 0 Å². The number of aromatic nitrogens is 1. The van der Waals surface area contributed by atoms with Gasteiger partial charge in [-0.05, 0) is 31.5 Å². The molecule has 0 bridgehead atoms. The maximum atomic E-state index is 2.54. The summed E-state index contributed by atoms with van der Waals surface area (Å²) in [6.07, 6.45) is 0. The number of aryl methyl sites for hydroxylation is 2. The van der Waals surface area contributed by atoms with Crippen LogP contribution in [0.3, 0.4) is 0 Å². The Labute approximate surface area is 121 Å². The fourth-order valence-corrected chi connectivity index (χ4v) is 3.04. The first-order valence-electron chi connectivity index (χ1n) is 7.40. The van der Waals surface area contributed by atoms with Crippen LogP contribution < -0.4 is 5.01 Å². The van der Waals surface area contributed by atoms with E-state index in [-0.39, 0.29) is 0 Å². The lowest BCUT2D eigenvalue weighted by Gasteiger charge is -2.38. The van der Waals surface area contributed by atoms with E-state index in [0.29, 0.717) is 0 Å². The third-order valence-corrected chi connectivity index (χ3v) is 4.11. The lowest BCUT2D eigenvalue weighted by Crippen LogP contribution is -2.51. The molecule has 3 nitrogen and oxygen atoms in total. The first kappa shape index (κ1) is 13.3. The normalized spacial score (nSPS) is 16.6. The summed E-state index contributed by atoms with van der Waals surface area (Å²) in [5.41, 5.74) is 4.08. The largest absolute Gasteiger partial charge is 0.310 e. The maximum absolute atomic E-state index is 2.54. The number of benzene rings is 1. The molecule has 1 aliphatic heterocycles. The van der Waals surface area contributed by atoms with Gasteiger partial charge in [0.1, 0.15) is 0 Å². The summed E-state index contributed by atoms with van der Waals surface area (Å²) >= 11 is 0. The van der Waals surface area contributed by atoms with Gasteiger partial charge >= 0.3 is 0 Å². The second kappa shape index (κ2) is 5.71. The van der Waals surface area contributed by atoms with Gasteiger partial charge in [0.05, 0.1) is 0 Å². The summed E-state index contributed by atoms with van der Waals surface area (Å²) in [6.45, 7) is 9.90. The molecule has 3 heteroatoms. The number of piperazine rings is 1. The van der Waals surface area contributed by atoms with Gasteiger partial charge in [-0.2, -0.15) is 0 Å². The molecule has 3 rings (SSSR count). The van der Waals surface area contributed by atoms with Gasteiger partial charge in [-0.3, -0.25) is 9.58 Å². The Hall–Kier alpha value is -1.74. The van der Waals surface area contributed by atoms with Gasteiger partial charge in [0.25, 0.3) is 0 Å². The zero-order valence-electron chi connectivity index (χ0n) is 12.4. The van der Waals surface area contributed by atoms with E-state index < -0.39 is 0 Å². The summed E-state index contributed by atoms with van der Waals surface area (Å²) < 4.78 is 2.36. The third-order valence-electron chi connectivity index (χ3n) is 4.11. The minimum absolute atomic E-state index is 1.07. The minimum atomic E-state index is 1.07. The summed E-state index contributed by atoms with van der Waals surface area (Å²) in [6, 6.07) is 15.2. The molecular weight excluding hydrogens is 246 g/mol. The highest BCUT2D eigenvalue weighted by atomic mass is 15.6. The zero-order chi connectivity index (χ0) is 13.9. The first-order valence-corrected chi connectivity index (χ1v) is 7.40. The molecule has 0 unspecified atom stereocenters. The van der Waals surface area contributed by atoms with E-state index in [4.69, 9.17) is 0 Å². The molecule has 0 atom stereocenters. The van der Waals surface area contributed by atoms with Crippen molar-refractivity contribution in [3.05, 3.63) is 59.4 Å². The van der Waals surface area contributed by atoms with Gasteiger partial charge in [0.15, 0.2) is 0 Å². The van der Waals surface area contributed by atoms with Crippen LogP contribution in [0.4, 0.5) is 0 Å². The predicted octanol–water partition coefficient (Wildman–Crippen LogP) is 2.56. The molecule has 2 heterocycles. The molecule has 0 spiro atoms. The maximum Gasteiger partial charge on any atom is 0.0472 e. The van der Waals surface area contributed by atoms with Crippen LogP contribution in [0, 0.1) is 13.8 Å². The molecule has 1 saturated heterocycles. The van der Waals surface area contributed by atoms with Crippen molar-refractivity contribution in [1.29, 1.82) is 0 Å². The van der Waals surface area contributed by atoms with E-state index in [0.717, 1.165) is 32.7 Å². The molecular formula is C17H23N3. The standard InChI is InChI=1S/C17H23N3/c1-15-8-9-16(2)20(15)19-12-10-18(11-13-19)14-17-6-4-3-5-7-17/h3-9H,10-14H2,1-2H3. The second-order valence-corrected chi connectivity index (χ2v) is 5.64. The smallest absolute Gasteiger partial charge is 0.0472 e. The highest BCUT2D eigenvalue weighted by Gasteiger charge is 2.18. The van der Waals surface area contributed by atoms with Gasteiger partial charge in [-0.25, -0.2) is 0 Å². The molecule has 20 heavy (non-hydrogen) atoms. The van der Waals surface area contributed by atoms with Crippen LogP contribution >= 0.6 is 0 Å². The van der Waals surface area contributed by atoms with Crippen molar-refractivity contribution in [2.45, 2.75) is 20.4 Å². The van der Waals surface area contributed by atoms with Crippen LogP contribution in [0.1, 0.15) is 17.0 Å². The molecule has 106 valence electrons. The Morgan fingerprint density at radius 3 is 2.00 bits per heavy atom. The lowest BCUT2D eigenvalue weighted by atomic mass is 10.2. The second-order valence-electron chi connectivity index (χ2n) is 5.64. The predicted molar refractivity (Wildman–Crippen MR) is 83.6 cm³/mol. The summed E-state index contributed by atoms with van der Waals surface area (Å²) in [7, 11) is 0. The van der Waals surface area contributed by atoms with E-state index in [9.17, 15) is 0 Å². The van der Waals surface area contributed by atoms with Crippen molar-refractivity contribution < 1.29 is 0 Å². The molecule has 0 saturated carbocycles. The van der Waals surface area contributed by atoms with Crippen molar-refractivity contribution in [3.63, 3.8) is 0 Å². The lowest BCUT2D eigenvalue weighted by molar-refractivity contribution is 0.231. The van der Waals surface area contributed by atoms with Gasteiger partial charge in [0.2, 0.25) is 0 Å². The van der Waals surface area contributed by atoms with Gasteiger partial charge in [-0.1, -0.05) is 30.3 Å². The van der Waals surface area contributed by atoms with Crippen molar-refractivity contribution in [2.75, 3.05) is 31.2 Å². The van der Waals surface area contributed by atoms with Crippen molar-refractivity contribution in [1.82, 2.24) is 9.58 Å². The SMILES string of the molecule is Cc1ccc(C)n1N1CCN(Cc2ccccc2)CC1. The molecule has 1 aromatic carbocycles. The van der Waals surface area contributed by atoms with E-state index in [1.807, 2.05) is 0 Å². The average molecular weight is 269 g/mol. The molecule has 0 N–H and O–H groups in total. The molecule has 0 amide bonds. The first-order chi connectivity index (χ1) is 9.74. The Morgan fingerprint density at radius 1 is 0.800 bits per heavy atom.